The van der Waals surface area contributed by atoms with Gasteiger partial charge in [-0.3, -0.25) is 9.98 Å². The van der Waals surface area contributed by atoms with Gasteiger partial charge in [0.05, 0.1) is 17.8 Å². The first-order chi connectivity index (χ1) is 14.2. The van der Waals surface area contributed by atoms with Gasteiger partial charge in [-0.1, -0.05) is 35.9 Å². The number of hydrogen-bond acceptors (Lipinski definition) is 4. The fourth-order valence-electron chi connectivity index (χ4n) is 3.10. The maximum Gasteiger partial charge on any atom is 0.226 e. The normalized spacial score (nSPS) is 11.6. The molecule has 0 fully saturated rings. The first-order valence-corrected chi connectivity index (χ1v) is 9.51. The monoisotopic (exact) mass is 385 g/mol. The maximum atomic E-state index is 5.62. The van der Waals surface area contributed by atoms with Crippen molar-refractivity contribution in [3.8, 4) is 11.5 Å². The lowest BCUT2D eigenvalue weighted by molar-refractivity contribution is 0.572. The minimum atomic E-state index is 0.520. The highest BCUT2D eigenvalue weighted by molar-refractivity contribution is 5.83. The number of oxazole rings is 1. The summed E-state index contributed by atoms with van der Waals surface area (Å²) in [5.74, 6) is 1.32. The van der Waals surface area contributed by atoms with Crippen molar-refractivity contribution in [2.75, 3.05) is 7.05 Å². The fraction of sp³-hybridized carbons (Fsp3) is 0.174. The third kappa shape index (κ3) is 4.43. The van der Waals surface area contributed by atoms with Crippen LogP contribution in [0.3, 0.4) is 0 Å². The highest BCUT2D eigenvalue weighted by Crippen LogP contribution is 2.19. The van der Waals surface area contributed by atoms with E-state index in [0.717, 1.165) is 22.2 Å². The number of nitrogens with one attached hydrogen (secondary N) is 2. The number of aryl methyl sites for hydroxylation is 1. The Morgan fingerprint density at radius 3 is 2.62 bits per heavy atom. The summed E-state index contributed by atoms with van der Waals surface area (Å²) in [6, 6.07) is 18.3. The van der Waals surface area contributed by atoms with Crippen LogP contribution in [-0.4, -0.2) is 23.0 Å². The zero-order valence-electron chi connectivity index (χ0n) is 16.5. The van der Waals surface area contributed by atoms with Crippen LogP contribution < -0.4 is 10.6 Å². The van der Waals surface area contributed by atoms with E-state index in [1.807, 2.05) is 54.7 Å². The summed E-state index contributed by atoms with van der Waals surface area (Å²) < 4.78 is 5.62. The second kappa shape index (κ2) is 8.56. The Morgan fingerprint density at radius 2 is 1.79 bits per heavy atom. The minimum absolute atomic E-state index is 0.520. The molecule has 2 aromatic carbocycles. The Morgan fingerprint density at radius 1 is 1.00 bits per heavy atom. The molecule has 4 rings (SSSR count). The van der Waals surface area contributed by atoms with Gasteiger partial charge < -0.3 is 15.1 Å². The number of benzene rings is 2. The van der Waals surface area contributed by atoms with E-state index < -0.39 is 0 Å². The number of aliphatic imine (C=N–C) groups is 1. The molecule has 6 heteroatoms. The molecule has 0 atom stereocenters. The summed E-state index contributed by atoms with van der Waals surface area (Å²) in [5.41, 5.74) is 5.15. The van der Waals surface area contributed by atoms with Gasteiger partial charge >= 0.3 is 0 Å². The topological polar surface area (TPSA) is 75.3 Å². The summed E-state index contributed by atoms with van der Waals surface area (Å²) in [5, 5.41) is 7.76. The van der Waals surface area contributed by atoms with E-state index in [1.54, 1.807) is 13.3 Å². The van der Waals surface area contributed by atoms with Crippen molar-refractivity contribution in [1.82, 2.24) is 20.6 Å². The largest absolute Gasteiger partial charge is 0.444 e. The molecule has 2 N–H and O–H groups in total. The smallest absolute Gasteiger partial charge is 0.226 e. The highest BCUT2D eigenvalue weighted by atomic mass is 16.3. The molecule has 146 valence electrons. The molecule has 0 unspecified atom stereocenters. The standard InChI is InChI=1S/C23H23N5O/c1-16-7-9-17(10-8-16)22-28-19(15-29-22)14-27-23(24-2)26-13-18-11-12-25-21-6-4-3-5-20(18)21/h3-12,15H,13-14H2,1-2H3,(H2,24,26,27). The summed E-state index contributed by atoms with van der Waals surface area (Å²) in [6.45, 7) is 3.23. The van der Waals surface area contributed by atoms with Gasteiger partial charge in [0.15, 0.2) is 5.96 Å². The molecule has 2 aromatic heterocycles. The van der Waals surface area contributed by atoms with E-state index in [0.29, 0.717) is 24.9 Å². The summed E-state index contributed by atoms with van der Waals surface area (Å²) in [4.78, 5) is 13.3. The van der Waals surface area contributed by atoms with Crippen molar-refractivity contribution in [1.29, 1.82) is 0 Å². The maximum absolute atomic E-state index is 5.62. The van der Waals surface area contributed by atoms with Crippen molar-refractivity contribution < 1.29 is 4.42 Å². The lowest BCUT2D eigenvalue weighted by Crippen LogP contribution is -2.36. The Hall–Kier alpha value is -3.67. The number of hydrogen-bond donors (Lipinski definition) is 2. The van der Waals surface area contributed by atoms with Gasteiger partial charge in [-0.05, 0) is 36.8 Å². The van der Waals surface area contributed by atoms with Crippen molar-refractivity contribution >= 4 is 16.9 Å². The molecule has 0 saturated heterocycles. The van der Waals surface area contributed by atoms with E-state index in [2.05, 4.69) is 38.6 Å². The van der Waals surface area contributed by atoms with Crippen molar-refractivity contribution in [2.24, 2.45) is 4.99 Å². The number of guanidine groups is 1. The fourth-order valence-corrected chi connectivity index (χ4v) is 3.10. The number of aromatic nitrogens is 2. The van der Waals surface area contributed by atoms with Gasteiger partial charge in [-0.2, -0.15) is 0 Å². The Labute approximate surface area is 169 Å². The van der Waals surface area contributed by atoms with E-state index in [4.69, 9.17) is 4.42 Å². The van der Waals surface area contributed by atoms with E-state index in [9.17, 15) is 0 Å². The van der Waals surface area contributed by atoms with Crippen LogP contribution in [0.4, 0.5) is 0 Å². The van der Waals surface area contributed by atoms with Gasteiger partial charge in [0.1, 0.15) is 6.26 Å². The van der Waals surface area contributed by atoms with E-state index in [-0.39, 0.29) is 0 Å². The van der Waals surface area contributed by atoms with Crippen LogP contribution in [0, 0.1) is 6.92 Å². The van der Waals surface area contributed by atoms with Crippen LogP contribution in [0.25, 0.3) is 22.4 Å². The van der Waals surface area contributed by atoms with Crippen molar-refractivity contribution in [3.63, 3.8) is 0 Å². The molecule has 2 heterocycles. The summed E-state index contributed by atoms with van der Waals surface area (Å²) in [6.07, 6.45) is 3.50. The number of rotatable bonds is 5. The third-order valence-corrected chi connectivity index (χ3v) is 4.70. The molecule has 0 bridgehead atoms. The summed E-state index contributed by atoms with van der Waals surface area (Å²) >= 11 is 0. The van der Waals surface area contributed by atoms with Crippen LogP contribution in [0.5, 0.6) is 0 Å². The van der Waals surface area contributed by atoms with E-state index in [1.165, 1.54) is 11.1 Å². The molecular formula is C23H23N5O. The molecule has 0 aliphatic carbocycles. The molecule has 0 radical (unpaired) electrons. The summed E-state index contributed by atoms with van der Waals surface area (Å²) in [7, 11) is 1.75. The zero-order chi connectivity index (χ0) is 20.1. The van der Waals surface area contributed by atoms with Gasteiger partial charge in [0, 0.05) is 30.7 Å². The predicted molar refractivity (Wildman–Crippen MR) is 115 cm³/mol. The van der Waals surface area contributed by atoms with Crippen LogP contribution in [0.2, 0.25) is 0 Å². The second-order valence-electron chi connectivity index (χ2n) is 6.78. The molecule has 6 nitrogen and oxygen atoms in total. The molecule has 0 amide bonds. The van der Waals surface area contributed by atoms with Crippen molar-refractivity contribution in [2.45, 2.75) is 20.0 Å². The number of fused-ring (bicyclic) bond motifs is 1. The zero-order valence-corrected chi connectivity index (χ0v) is 16.5. The first-order valence-electron chi connectivity index (χ1n) is 9.51. The van der Waals surface area contributed by atoms with Gasteiger partial charge in [0.2, 0.25) is 5.89 Å². The molecule has 0 spiro atoms. The van der Waals surface area contributed by atoms with Crippen LogP contribution >= 0.6 is 0 Å². The SMILES string of the molecule is CN=C(NCc1coc(-c2ccc(C)cc2)n1)NCc1ccnc2ccccc12. The average Bonchev–Trinajstić information content (AvgIpc) is 3.23. The van der Waals surface area contributed by atoms with Gasteiger partial charge in [-0.15, -0.1) is 0 Å². The molecule has 0 saturated carbocycles. The Balaban J connectivity index is 1.37. The van der Waals surface area contributed by atoms with Crippen LogP contribution in [0.1, 0.15) is 16.8 Å². The Kier molecular flexibility index (Phi) is 5.52. The quantitative estimate of drug-likeness (QED) is 0.400. The molecular weight excluding hydrogens is 362 g/mol. The number of pyridine rings is 1. The lowest BCUT2D eigenvalue weighted by atomic mass is 10.1. The lowest BCUT2D eigenvalue weighted by Gasteiger charge is -2.12. The molecule has 0 aliphatic heterocycles. The van der Waals surface area contributed by atoms with Crippen LogP contribution in [-0.2, 0) is 13.1 Å². The van der Waals surface area contributed by atoms with Gasteiger partial charge in [0.25, 0.3) is 0 Å². The predicted octanol–water partition coefficient (Wildman–Crippen LogP) is 4.06. The highest BCUT2D eigenvalue weighted by Gasteiger charge is 2.08. The van der Waals surface area contributed by atoms with Crippen LogP contribution in [0.15, 0.2) is 76.5 Å². The molecule has 29 heavy (non-hydrogen) atoms. The number of para-hydroxylation sites is 1. The van der Waals surface area contributed by atoms with Crippen molar-refractivity contribution in [3.05, 3.63) is 83.9 Å². The Bertz CT molecular complexity index is 1130. The molecule has 0 aliphatic rings. The number of nitrogens with zero attached hydrogens (tertiary/aromatic N) is 3. The van der Waals surface area contributed by atoms with Gasteiger partial charge in [-0.25, -0.2) is 4.98 Å². The first kappa shape index (κ1) is 18.7. The second-order valence-corrected chi connectivity index (χ2v) is 6.78. The molecule has 4 aromatic rings. The minimum Gasteiger partial charge on any atom is -0.444 e. The third-order valence-electron chi connectivity index (χ3n) is 4.70. The van der Waals surface area contributed by atoms with E-state index >= 15 is 0 Å². The average molecular weight is 385 g/mol.